The van der Waals surface area contributed by atoms with Gasteiger partial charge in [-0.2, -0.15) is 0 Å². The van der Waals surface area contributed by atoms with Gasteiger partial charge in [-0.1, -0.05) is 41.9 Å². The minimum Gasteiger partial charge on any atom is -0.268 e. The largest absolute Gasteiger partial charge is 0.268 e. The molecule has 0 fully saturated rings. The first-order valence-electron chi connectivity index (χ1n) is 7.17. The van der Waals surface area contributed by atoms with E-state index in [9.17, 15) is 4.79 Å². The number of benzene rings is 2. The molecule has 2 aromatic rings. The van der Waals surface area contributed by atoms with E-state index in [-0.39, 0.29) is 11.4 Å². The minimum absolute atomic E-state index is 0.0910. The Balaban J connectivity index is 2.24. The lowest BCUT2D eigenvalue weighted by atomic mass is 10.1. The number of anilines is 1. The molecule has 0 bridgehead atoms. The van der Waals surface area contributed by atoms with Crippen LogP contribution in [0.3, 0.4) is 0 Å². The van der Waals surface area contributed by atoms with Crippen molar-refractivity contribution in [3.63, 3.8) is 0 Å². The van der Waals surface area contributed by atoms with Crippen molar-refractivity contribution in [1.82, 2.24) is 0 Å². The van der Waals surface area contributed by atoms with Crippen LogP contribution in [0.1, 0.15) is 36.7 Å². The van der Waals surface area contributed by atoms with Crippen molar-refractivity contribution in [1.29, 1.82) is 0 Å². The van der Waals surface area contributed by atoms with Gasteiger partial charge in [0, 0.05) is 5.56 Å². The normalized spacial score (nSPS) is 16.3. The van der Waals surface area contributed by atoms with E-state index in [4.69, 9.17) is 16.6 Å². The van der Waals surface area contributed by atoms with Crippen molar-refractivity contribution in [3.8, 4) is 0 Å². The summed E-state index contributed by atoms with van der Waals surface area (Å²) in [6, 6.07) is 14.9. The third kappa shape index (κ3) is 2.53. The van der Waals surface area contributed by atoms with Gasteiger partial charge in [-0.3, -0.25) is 14.7 Å². The molecule has 1 amide bonds. The Bertz CT molecular complexity index is 775. The first-order valence-corrected chi connectivity index (χ1v) is 7.54. The molecule has 0 aromatic heterocycles. The van der Waals surface area contributed by atoms with Crippen LogP contribution in [-0.2, 0) is 0 Å². The third-order valence-electron chi connectivity index (χ3n) is 3.35. The monoisotopic (exact) mass is 312 g/mol. The molecule has 0 N–H and O–H groups in total. The number of para-hydroxylation sites is 1. The van der Waals surface area contributed by atoms with Gasteiger partial charge in [0.1, 0.15) is 5.84 Å². The Hall–Kier alpha value is -2.13. The van der Waals surface area contributed by atoms with Gasteiger partial charge >= 0.3 is 0 Å². The third-order valence-corrected chi connectivity index (χ3v) is 3.67. The smallest absolute Gasteiger partial charge is 0.264 e. The lowest BCUT2D eigenvalue weighted by molar-refractivity contribution is 0.101. The van der Waals surface area contributed by atoms with Gasteiger partial charge in [-0.05, 0) is 39.0 Å². The van der Waals surface area contributed by atoms with Gasteiger partial charge in [0.05, 0.1) is 21.8 Å². The Morgan fingerprint density at radius 2 is 1.55 bits per heavy atom. The second-order valence-corrected chi connectivity index (χ2v) is 6.65. The van der Waals surface area contributed by atoms with Crippen LogP contribution in [-0.4, -0.2) is 17.3 Å². The van der Waals surface area contributed by atoms with Crippen molar-refractivity contribution in [3.05, 3.63) is 64.7 Å². The van der Waals surface area contributed by atoms with Crippen LogP contribution in [0.5, 0.6) is 0 Å². The molecule has 1 heterocycles. The van der Waals surface area contributed by atoms with E-state index in [2.05, 4.69) is 0 Å². The molecule has 0 radical (unpaired) electrons. The first kappa shape index (κ1) is 14.8. The molecular formula is C18H17ClN2O. The minimum atomic E-state index is -0.299. The maximum absolute atomic E-state index is 12.8. The maximum atomic E-state index is 12.8. The van der Waals surface area contributed by atoms with Crippen LogP contribution in [0.25, 0.3) is 0 Å². The molecular weight excluding hydrogens is 296 g/mol. The Labute approximate surface area is 135 Å². The van der Waals surface area contributed by atoms with Crippen LogP contribution >= 0.6 is 11.6 Å². The molecule has 112 valence electrons. The summed E-state index contributed by atoms with van der Waals surface area (Å²) in [6.07, 6.45) is 0. The van der Waals surface area contributed by atoms with Crippen LogP contribution < -0.4 is 4.90 Å². The highest BCUT2D eigenvalue weighted by Gasteiger charge is 2.36. The molecule has 4 heteroatoms. The number of fused-ring (bicyclic) bond motifs is 1. The maximum Gasteiger partial charge on any atom is 0.264 e. The highest BCUT2D eigenvalue weighted by atomic mass is 35.5. The van der Waals surface area contributed by atoms with Crippen molar-refractivity contribution >= 4 is 29.0 Å². The van der Waals surface area contributed by atoms with Crippen LogP contribution in [0.15, 0.2) is 53.5 Å². The van der Waals surface area contributed by atoms with Gasteiger partial charge in [-0.15, -0.1) is 0 Å². The Morgan fingerprint density at radius 3 is 2.18 bits per heavy atom. The highest BCUT2D eigenvalue weighted by molar-refractivity contribution is 6.40. The summed E-state index contributed by atoms with van der Waals surface area (Å²) in [5.74, 6) is 0.563. The molecule has 3 nitrogen and oxygen atoms in total. The fourth-order valence-electron chi connectivity index (χ4n) is 2.49. The second-order valence-electron chi connectivity index (χ2n) is 6.24. The van der Waals surface area contributed by atoms with E-state index >= 15 is 0 Å². The molecule has 0 saturated carbocycles. The average molecular weight is 313 g/mol. The summed E-state index contributed by atoms with van der Waals surface area (Å²) in [7, 11) is 0. The fraction of sp³-hybridized carbons (Fsp3) is 0.222. The molecule has 1 aliphatic rings. The van der Waals surface area contributed by atoms with E-state index in [0.29, 0.717) is 22.1 Å². The van der Waals surface area contributed by atoms with Gasteiger partial charge in [0.2, 0.25) is 0 Å². The molecule has 0 saturated heterocycles. The quantitative estimate of drug-likeness (QED) is 0.760. The molecule has 0 aliphatic carbocycles. The van der Waals surface area contributed by atoms with E-state index in [1.54, 1.807) is 11.0 Å². The van der Waals surface area contributed by atoms with Crippen molar-refractivity contribution in [2.75, 3.05) is 4.90 Å². The van der Waals surface area contributed by atoms with E-state index in [1.165, 1.54) is 0 Å². The Morgan fingerprint density at radius 1 is 0.955 bits per heavy atom. The summed E-state index contributed by atoms with van der Waals surface area (Å²) < 4.78 is 0. The number of nitrogens with zero attached hydrogens (tertiary/aromatic N) is 2. The van der Waals surface area contributed by atoms with Gasteiger partial charge in [-0.25, -0.2) is 0 Å². The van der Waals surface area contributed by atoms with Gasteiger partial charge in [0.15, 0.2) is 0 Å². The van der Waals surface area contributed by atoms with Crippen molar-refractivity contribution in [2.24, 2.45) is 4.99 Å². The number of halogens is 1. The summed E-state index contributed by atoms with van der Waals surface area (Å²) >= 11 is 6.30. The first-order chi connectivity index (χ1) is 10.4. The van der Waals surface area contributed by atoms with E-state index < -0.39 is 0 Å². The molecule has 0 atom stereocenters. The predicted molar refractivity (Wildman–Crippen MR) is 91.0 cm³/mol. The Kier molecular flexibility index (Phi) is 3.53. The summed E-state index contributed by atoms with van der Waals surface area (Å²) in [5, 5.41) is 0.533. The summed E-state index contributed by atoms with van der Waals surface area (Å²) in [4.78, 5) is 19.2. The zero-order valence-electron chi connectivity index (χ0n) is 12.8. The second kappa shape index (κ2) is 5.25. The summed E-state index contributed by atoms with van der Waals surface area (Å²) in [6.45, 7) is 6.03. The van der Waals surface area contributed by atoms with Crippen LogP contribution in [0.4, 0.5) is 5.69 Å². The number of aliphatic imine (C=N–C) groups is 1. The standard InChI is InChI=1S/C18H17ClN2O/c1-18(2,3)20-16-12-8-4-5-9-13(12)17(22)21(16)15-11-7-6-10-14(15)19/h4-11H,1-3H3. The number of hydrogen-bond acceptors (Lipinski definition) is 2. The number of carbonyl (C=O) groups is 1. The van der Waals surface area contributed by atoms with Crippen molar-refractivity contribution in [2.45, 2.75) is 26.3 Å². The molecule has 0 unspecified atom stereocenters. The van der Waals surface area contributed by atoms with Crippen molar-refractivity contribution < 1.29 is 4.79 Å². The number of hydrogen-bond donors (Lipinski definition) is 0. The zero-order chi connectivity index (χ0) is 15.9. The van der Waals surface area contributed by atoms with Gasteiger partial charge < -0.3 is 0 Å². The zero-order valence-corrected chi connectivity index (χ0v) is 13.6. The van der Waals surface area contributed by atoms with Crippen LogP contribution in [0, 0.1) is 0 Å². The topological polar surface area (TPSA) is 32.7 Å². The van der Waals surface area contributed by atoms with E-state index in [0.717, 1.165) is 5.56 Å². The fourth-order valence-corrected chi connectivity index (χ4v) is 2.71. The number of rotatable bonds is 1. The predicted octanol–water partition coefficient (Wildman–Crippen LogP) is 4.55. The SMILES string of the molecule is CC(C)(C)N=C1c2ccccc2C(=O)N1c1ccccc1Cl. The van der Waals surface area contributed by atoms with E-state index in [1.807, 2.05) is 63.2 Å². The number of amides is 1. The lowest BCUT2D eigenvalue weighted by Gasteiger charge is -2.22. The summed E-state index contributed by atoms with van der Waals surface area (Å²) in [5.41, 5.74) is 1.87. The molecule has 3 rings (SSSR count). The average Bonchev–Trinajstić information content (AvgIpc) is 2.72. The number of amidine groups is 1. The number of carbonyl (C=O) groups excluding carboxylic acids is 1. The van der Waals surface area contributed by atoms with Gasteiger partial charge in [0.25, 0.3) is 5.91 Å². The molecule has 0 spiro atoms. The highest BCUT2D eigenvalue weighted by Crippen LogP contribution is 2.34. The lowest BCUT2D eigenvalue weighted by Crippen LogP contribution is -2.32. The molecule has 22 heavy (non-hydrogen) atoms. The molecule has 2 aromatic carbocycles. The van der Waals surface area contributed by atoms with Crippen LogP contribution in [0.2, 0.25) is 5.02 Å². The molecule has 1 aliphatic heterocycles.